The Kier molecular flexibility index (Phi) is 3.76. The van der Waals surface area contributed by atoms with E-state index >= 15 is 0 Å². The van der Waals surface area contributed by atoms with E-state index in [-0.39, 0.29) is 6.10 Å². The maximum atomic E-state index is 6.51. The summed E-state index contributed by atoms with van der Waals surface area (Å²) >= 11 is 1.94. The summed E-state index contributed by atoms with van der Waals surface area (Å²) in [6, 6.07) is 19.4. The second-order valence-corrected chi connectivity index (χ2v) is 11.8. The van der Waals surface area contributed by atoms with Crippen LogP contribution in [0.5, 0.6) is 0 Å². The number of rotatable bonds is 3. The molecule has 20 heavy (non-hydrogen) atoms. The monoisotopic (exact) mass is 300 g/mol. The summed E-state index contributed by atoms with van der Waals surface area (Å²) in [7, 11) is -1.58. The molecule has 0 fully saturated rings. The lowest BCUT2D eigenvalue weighted by atomic mass is 10.0. The van der Waals surface area contributed by atoms with Crippen LogP contribution in [0, 0.1) is 0 Å². The Hall–Kier alpha value is -1.03. The fraction of sp³-hybridized carbons (Fsp3) is 0.294. The van der Waals surface area contributed by atoms with Crippen LogP contribution in [0.2, 0.25) is 19.6 Å². The minimum absolute atomic E-state index is 0.185. The number of hydrogen-bond donors (Lipinski definition) is 0. The molecule has 1 heterocycles. The third kappa shape index (κ3) is 2.85. The lowest BCUT2D eigenvalue weighted by Gasteiger charge is -2.28. The van der Waals surface area contributed by atoms with Crippen molar-refractivity contribution in [2.75, 3.05) is 0 Å². The van der Waals surface area contributed by atoms with Crippen LogP contribution < -0.4 is 0 Å². The minimum Gasteiger partial charge on any atom is -0.409 e. The third-order valence-electron chi connectivity index (χ3n) is 3.36. The SMILES string of the molecule is C[Si](C)(C)O[C@@H]1c2ccccc2S[C@H]1c1ccccc1. The number of fused-ring (bicyclic) bond motifs is 1. The van der Waals surface area contributed by atoms with Gasteiger partial charge in [0.1, 0.15) is 0 Å². The van der Waals surface area contributed by atoms with Crippen molar-refractivity contribution in [1.29, 1.82) is 0 Å². The first-order valence-corrected chi connectivity index (χ1v) is 11.3. The average Bonchev–Trinajstić information content (AvgIpc) is 2.77. The molecule has 1 aliphatic heterocycles. The predicted octanol–water partition coefficient (Wildman–Crippen LogP) is 5.43. The van der Waals surface area contributed by atoms with Gasteiger partial charge in [-0.2, -0.15) is 0 Å². The molecule has 3 rings (SSSR count). The maximum Gasteiger partial charge on any atom is 0.184 e. The van der Waals surface area contributed by atoms with Crippen molar-refractivity contribution in [3.63, 3.8) is 0 Å². The average molecular weight is 300 g/mol. The molecule has 0 aliphatic carbocycles. The van der Waals surface area contributed by atoms with Gasteiger partial charge in [0.25, 0.3) is 0 Å². The molecule has 1 nitrogen and oxygen atoms in total. The van der Waals surface area contributed by atoms with E-state index in [4.69, 9.17) is 4.43 Å². The molecule has 2 atom stereocenters. The molecule has 0 unspecified atom stereocenters. The van der Waals surface area contributed by atoms with Crippen LogP contribution in [0.3, 0.4) is 0 Å². The van der Waals surface area contributed by atoms with E-state index in [9.17, 15) is 0 Å². The van der Waals surface area contributed by atoms with Crippen LogP contribution >= 0.6 is 11.8 Å². The van der Waals surface area contributed by atoms with Gasteiger partial charge >= 0.3 is 0 Å². The molecule has 2 aromatic carbocycles. The molecule has 0 radical (unpaired) electrons. The molecule has 3 heteroatoms. The summed E-state index contributed by atoms with van der Waals surface area (Å²) in [6.07, 6.45) is 0.185. The predicted molar refractivity (Wildman–Crippen MR) is 88.7 cm³/mol. The smallest absolute Gasteiger partial charge is 0.184 e. The van der Waals surface area contributed by atoms with E-state index in [1.807, 2.05) is 11.8 Å². The van der Waals surface area contributed by atoms with Crippen molar-refractivity contribution >= 4 is 20.1 Å². The molecule has 1 aliphatic rings. The first-order chi connectivity index (χ1) is 9.54. The molecule has 0 spiro atoms. The van der Waals surface area contributed by atoms with Crippen LogP contribution in [0.25, 0.3) is 0 Å². The summed E-state index contributed by atoms with van der Waals surface area (Å²) in [5.74, 6) is 0. The lowest BCUT2D eigenvalue weighted by molar-refractivity contribution is 0.197. The minimum atomic E-state index is -1.58. The molecular weight excluding hydrogens is 280 g/mol. The zero-order valence-corrected chi connectivity index (χ0v) is 14.0. The van der Waals surface area contributed by atoms with Gasteiger partial charge in [-0.1, -0.05) is 48.5 Å². The zero-order chi connectivity index (χ0) is 14.2. The molecule has 104 valence electrons. The maximum absolute atomic E-state index is 6.51. The van der Waals surface area contributed by atoms with Gasteiger partial charge in [0, 0.05) is 4.90 Å². The van der Waals surface area contributed by atoms with Gasteiger partial charge in [0.05, 0.1) is 11.4 Å². The summed E-state index contributed by atoms with van der Waals surface area (Å²) in [5, 5.41) is 0.375. The molecular formula is C17H20OSSi. The Morgan fingerprint density at radius 3 is 2.25 bits per heavy atom. The highest BCUT2D eigenvalue weighted by molar-refractivity contribution is 8.00. The van der Waals surface area contributed by atoms with Gasteiger partial charge in [-0.25, -0.2) is 0 Å². The van der Waals surface area contributed by atoms with E-state index in [0.717, 1.165) is 0 Å². The van der Waals surface area contributed by atoms with Gasteiger partial charge in [-0.05, 0) is 36.8 Å². The summed E-state index contributed by atoms with van der Waals surface area (Å²) < 4.78 is 6.51. The Morgan fingerprint density at radius 2 is 1.55 bits per heavy atom. The lowest BCUT2D eigenvalue weighted by Crippen LogP contribution is -2.28. The summed E-state index contributed by atoms with van der Waals surface area (Å²) in [6.45, 7) is 6.79. The standard InChI is InChI=1S/C17H20OSSi/c1-20(2,3)18-16-14-11-7-8-12-15(14)19-17(16)13-9-5-4-6-10-13/h4-12,16-17H,1-3H3/t16-,17+/m1/s1. The van der Waals surface area contributed by atoms with E-state index in [0.29, 0.717) is 5.25 Å². The highest BCUT2D eigenvalue weighted by Crippen LogP contribution is 2.55. The molecule has 0 N–H and O–H groups in total. The van der Waals surface area contributed by atoms with Gasteiger partial charge in [-0.3, -0.25) is 0 Å². The van der Waals surface area contributed by atoms with Crippen LogP contribution in [0.1, 0.15) is 22.5 Å². The molecule has 2 aromatic rings. The van der Waals surface area contributed by atoms with E-state index in [1.165, 1.54) is 16.0 Å². The second-order valence-electron chi connectivity index (χ2n) is 6.14. The van der Waals surface area contributed by atoms with Gasteiger partial charge in [0.2, 0.25) is 0 Å². The number of benzene rings is 2. The summed E-state index contributed by atoms with van der Waals surface area (Å²) in [4.78, 5) is 1.37. The Bertz CT molecular complexity index is 591. The molecule has 0 amide bonds. The Morgan fingerprint density at radius 1 is 0.900 bits per heavy atom. The first-order valence-electron chi connectivity index (χ1n) is 7.03. The second kappa shape index (κ2) is 5.39. The highest BCUT2D eigenvalue weighted by atomic mass is 32.2. The van der Waals surface area contributed by atoms with Crippen LogP contribution in [-0.4, -0.2) is 8.32 Å². The van der Waals surface area contributed by atoms with Crippen molar-refractivity contribution in [3.05, 3.63) is 65.7 Å². The Balaban J connectivity index is 1.99. The van der Waals surface area contributed by atoms with Crippen LogP contribution in [-0.2, 0) is 4.43 Å². The van der Waals surface area contributed by atoms with Crippen LogP contribution in [0.4, 0.5) is 0 Å². The summed E-state index contributed by atoms with van der Waals surface area (Å²) in [5.41, 5.74) is 2.71. The third-order valence-corrected chi connectivity index (χ3v) is 5.72. The highest BCUT2D eigenvalue weighted by Gasteiger charge is 2.37. The fourth-order valence-corrected chi connectivity index (χ4v) is 5.07. The van der Waals surface area contributed by atoms with Crippen molar-refractivity contribution in [2.24, 2.45) is 0 Å². The normalized spacial score (nSPS) is 21.8. The van der Waals surface area contributed by atoms with E-state index < -0.39 is 8.32 Å². The van der Waals surface area contributed by atoms with Crippen molar-refractivity contribution in [3.8, 4) is 0 Å². The number of thioether (sulfide) groups is 1. The molecule has 0 saturated carbocycles. The fourth-order valence-electron chi connectivity index (χ4n) is 2.58. The first kappa shape index (κ1) is 13.9. The molecule has 0 bridgehead atoms. The quantitative estimate of drug-likeness (QED) is 0.699. The van der Waals surface area contributed by atoms with Crippen molar-refractivity contribution < 1.29 is 4.43 Å². The van der Waals surface area contributed by atoms with Crippen molar-refractivity contribution in [2.45, 2.75) is 35.9 Å². The van der Waals surface area contributed by atoms with Crippen LogP contribution in [0.15, 0.2) is 59.5 Å². The van der Waals surface area contributed by atoms with Gasteiger partial charge in [-0.15, -0.1) is 11.8 Å². The van der Waals surface area contributed by atoms with E-state index in [1.54, 1.807) is 0 Å². The zero-order valence-electron chi connectivity index (χ0n) is 12.2. The van der Waals surface area contributed by atoms with Gasteiger partial charge < -0.3 is 4.43 Å². The molecule has 0 aromatic heterocycles. The topological polar surface area (TPSA) is 9.23 Å². The Labute approximate surface area is 126 Å². The van der Waals surface area contributed by atoms with Crippen molar-refractivity contribution in [1.82, 2.24) is 0 Å². The largest absolute Gasteiger partial charge is 0.409 e. The van der Waals surface area contributed by atoms with Gasteiger partial charge in [0.15, 0.2) is 8.32 Å². The number of hydrogen-bond acceptors (Lipinski definition) is 2. The molecule has 0 saturated heterocycles. The van der Waals surface area contributed by atoms with E-state index in [2.05, 4.69) is 74.2 Å².